The molecule has 0 atom stereocenters. The standard InChI is InChI=1S/C33H24F3NO/c1-21-16-18-23(19-17-21)27-20-26(22-10-4-2-5-11-22)29(25-14-8-9-15-28(25)33(34,35)36)31(37)30(27)32(38)24-12-6-3-7-13-24/h2-20H,37H2,1H3. The molecule has 188 valence electrons. The van der Waals surface area contributed by atoms with Gasteiger partial charge in [0.15, 0.2) is 5.78 Å². The van der Waals surface area contributed by atoms with Gasteiger partial charge in [-0.2, -0.15) is 13.2 Å². The maximum atomic E-state index is 14.2. The van der Waals surface area contributed by atoms with Crippen LogP contribution in [0.5, 0.6) is 0 Å². The fourth-order valence-corrected chi connectivity index (χ4v) is 4.73. The first-order chi connectivity index (χ1) is 18.3. The van der Waals surface area contributed by atoms with Gasteiger partial charge in [-0.3, -0.25) is 4.79 Å². The van der Waals surface area contributed by atoms with Crippen molar-refractivity contribution in [2.24, 2.45) is 0 Å². The molecule has 5 rings (SSSR count). The second kappa shape index (κ2) is 10.0. The molecule has 5 aromatic carbocycles. The summed E-state index contributed by atoms with van der Waals surface area (Å²) in [7, 11) is 0. The van der Waals surface area contributed by atoms with Gasteiger partial charge in [0.05, 0.1) is 16.8 Å². The van der Waals surface area contributed by atoms with E-state index in [9.17, 15) is 18.0 Å². The average Bonchev–Trinajstić information content (AvgIpc) is 2.93. The molecule has 5 heteroatoms. The molecule has 38 heavy (non-hydrogen) atoms. The van der Waals surface area contributed by atoms with E-state index in [1.165, 1.54) is 12.1 Å². The summed E-state index contributed by atoms with van der Waals surface area (Å²) in [6, 6.07) is 32.5. The number of alkyl halides is 3. The lowest BCUT2D eigenvalue weighted by molar-refractivity contribution is -0.137. The van der Waals surface area contributed by atoms with Crippen molar-refractivity contribution in [2.45, 2.75) is 13.1 Å². The maximum absolute atomic E-state index is 14.2. The van der Waals surface area contributed by atoms with Gasteiger partial charge in [0, 0.05) is 11.1 Å². The number of anilines is 1. The summed E-state index contributed by atoms with van der Waals surface area (Å²) >= 11 is 0. The molecule has 0 heterocycles. The van der Waals surface area contributed by atoms with Gasteiger partial charge in [-0.15, -0.1) is 0 Å². The summed E-state index contributed by atoms with van der Waals surface area (Å²) in [5.41, 5.74) is 10.2. The van der Waals surface area contributed by atoms with Crippen LogP contribution in [0, 0.1) is 6.92 Å². The van der Waals surface area contributed by atoms with Crippen molar-refractivity contribution in [3.8, 4) is 33.4 Å². The number of ketones is 1. The number of aryl methyl sites for hydroxylation is 1. The Labute approximate surface area is 219 Å². The third-order valence-electron chi connectivity index (χ3n) is 6.58. The number of rotatable bonds is 5. The van der Waals surface area contributed by atoms with Crippen LogP contribution in [-0.4, -0.2) is 5.78 Å². The quantitative estimate of drug-likeness (QED) is 0.191. The number of hydrogen-bond acceptors (Lipinski definition) is 2. The van der Waals surface area contributed by atoms with E-state index in [2.05, 4.69) is 0 Å². The number of benzene rings is 5. The van der Waals surface area contributed by atoms with E-state index in [-0.39, 0.29) is 28.2 Å². The molecule has 0 aliphatic carbocycles. The highest BCUT2D eigenvalue weighted by Crippen LogP contribution is 2.47. The largest absolute Gasteiger partial charge is 0.417 e. The Morgan fingerprint density at radius 2 is 1.21 bits per heavy atom. The third kappa shape index (κ3) is 4.71. The lowest BCUT2D eigenvalue weighted by atomic mass is 9.82. The Hall–Kier alpha value is -4.64. The topological polar surface area (TPSA) is 43.1 Å². The van der Waals surface area contributed by atoms with Gasteiger partial charge in [0.25, 0.3) is 0 Å². The molecule has 2 N–H and O–H groups in total. The van der Waals surface area contributed by atoms with E-state index in [4.69, 9.17) is 5.73 Å². The summed E-state index contributed by atoms with van der Waals surface area (Å²) in [5.74, 6) is -0.357. The number of nitrogen functional groups attached to an aromatic ring is 1. The minimum atomic E-state index is -4.61. The first-order valence-corrected chi connectivity index (χ1v) is 12.1. The summed E-state index contributed by atoms with van der Waals surface area (Å²) in [4.78, 5) is 13.9. The first-order valence-electron chi connectivity index (χ1n) is 12.1. The Bertz CT molecular complexity index is 1610. The highest BCUT2D eigenvalue weighted by molar-refractivity contribution is 6.19. The number of hydrogen-bond donors (Lipinski definition) is 1. The number of carbonyl (C=O) groups is 1. The molecule has 0 radical (unpaired) electrons. The predicted molar refractivity (Wildman–Crippen MR) is 147 cm³/mol. The Balaban J connectivity index is 1.92. The molecule has 0 aliphatic heterocycles. The lowest BCUT2D eigenvalue weighted by Gasteiger charge is -2.23. The molecule has 0 amide bonds. The summed E-state index contributed by atoms with van der Waals surface area (Å²) in [6.45, 7) is 1.96. The molecule has 0 bridgehead atoms. The molecule has 0 saturated carbocycles. The lowest BCUT2D eigenvalue weighted by Crippen LogP contribution is -2.12. The van der Waals surface area contributed by atoms with Crippen molar-refractivity contribution < 1.29 is 18.0 Å². The number of halogens is 3. The highest BCUT2D eigenvalue weighted by atomic mass is 19.4. The van der Waals surface area contributed by atoms with Crippen molar-refractivity contribution >= 4 is 11.5 Å². The van der Waals surface area contributed by atoms with Crippen LogP contribution in [0.1, 0.15) is 27.0 Å². The molecule has 5 aromatic rings. The van der Waals surface area contributed by atoms with Gasteiger partial charge in [0.2, 0.25) is 0 Å². The van der Waals surface area contributed by atoms with E-state index in [0.717, 1.165) is 17.2 Å². The van der Waals surface area contributed by atoms with Gasteiger partial charge in [0.1, 0.15) is 0 Å². The van der Waals surface area contributed by atoms with Crippen LogP contribution in [0.4, 0.5) is 18.9 Å². The second-order valence-corrected chi connectivity index (χ2v) is 9.11. The Morgan fingerprint density at radius 3 is 1.84 bits per heavy atom. The molecule has 0 saturated heterocycles. The minimum Gasteiger partial charge on any atom is -0.398 e. The van der Waals surface area contributed by atoms with Gasteiger partial charge in [-0.25, -0.2) is 0 Å². The number of nitrogens with two attached hydrogens (primary N) is 1. The SMILES string of the molecule is Cc1ccc(-c2cc(-c3ccccc3)c(-c3ccccc3C(F)(F)F)c(N)c2C(=O)c2ccccc2)cc1. The Morgan fingerprint density at radius 1 is 0.658 bits per heavy atom. The van der Waals surface area contributed by atoms with Crippen LogP contribution >= 0.6 is 0 Å². The second-order valence-electron chi connectivity index (χ2n) is 9.11. The van der Waals surface area contributed by atoms with Gasteiger partial charge in [-0.05, 0) is 46.9 Å². The molecule has 0 aromatic heterocycles. The zero-order chi connectivity index (χ0) is 26.9. The fraction of sp³-hybridized carbons (Fsp3) is 0.0606. The fourth-order valence-electron chi connectivity index (χ4n) is 4.73. The maximum Gasteiger partial charge on any atom is 0.417 e. The van der Waals surface area contributed by atoms with Gasteiger partial charge >= 0.3 is 6.18 Å². The third-order valence-corrected chi connectivity index (χ3v) is 6.58. The number of carbonyl (C=O) groups excluding carboxylic acids is 1. The summed E-state index contributed by atoms with van der Waals surface area (Å²) < 4.78 is 42.6. The van der Waals surface area contributed by atoms with Gasteiger partial charge in [-0.1, -0.05) is 109 Å². The van der Waals surface area contributed by atoms with E-state index in [0.29, 0.717) is 22.3 Å². The van der Waals surface area contributed by atoms with Crippen LogP contribution in [0.2, 0.25) is 0 Å². The van der Waals surface area contributed by atoms with Crippen LogP contribution in [-0.2, 0) is 6.18 Å². The molecular formula is C33H24F3NO. The Kier molecular flexibility index (Phi) is 6.60. The summed E-state index contributed by atoms with van der Waals surface area (Å²) in [5, 5.41) is 0. The molecule has 0 fully saturated rings. The van der Waals surface area contributed by atoms with Crippen LogP contribution in [0.25, 0.3) is 33.4 Å². The smallest absolute Gasteiger partial charge is 0.398 e. The van der Waals surface area contributed by atoms with Crippen LogP contribution in [0.3, 0.4) is 0 Å². The van der Waals surface area contributed by atoms with E-state index in [1.807, 2.05) is 61.5 Å². The van der Waals surface area contributed by atoms with Crippen molar-refractivity contribution in [1.29, 1.82) is 0 Å². The highest BCUT2D eigenvalue weighted by Gasteiger charge is 2.35. The zero-order valence-corrected chi connectivity index (χ0v) is 20.6. The van der Waals surface area contributed by atoms with Gasteiger partial charge < -0.3 is 5.73 Å². The van der Waals surface area contributed by atoms with E-state index < -0.39 is 11.7 Å². The van der Waals surface area contributed by atoms with Crippen LogP contribution in [0.15, 0.2) is 115 Å². The van der Waals surface area contributed by atoms with Crippen molar-refractivity contribution in [2.75, 3.05) is 5.73 Å². The van der Waals surface area contributed by atoms with Crippen molar-refractivity contribution in [3.63, 3.8) is 0 Å². The molecule has 0 aliphatic rings. The zero-order valence-electron chi connectivity index (χ0n) is 20.6. The predicted octanol–water partition coefficient (Wildman–Crippen LogP) is 8.83. The molecule has 0 unspecified atom stereocenters. The average molecular weight is 508 g/mol. The van der Waals surface area contributed by atoms with E-state index in [1.54, 1.807) is 42.5 Å². The van der Waals surface area contributed by atoms with Crippen molar-refractivity contribution in [3.05, 3.63) is 138 Å². The van der Waals surface area contributed by atoms with Crippen LogP contribution < -0.4 is 5.73 Å². The normalized spacial score (nSPS) is 11.4. The monoisotopic (exact) mass is 507 g/mol. The first kappa shape index (κ1) is 25.0. The summed E-state index contributed by atoms with van der Waals surface area (Å²) in [6.07, 6.45) is -4.61. The molecule has 0 spiro atoms. The molecular weight excluding hydrogens is 483 g/mol. The minimum absolute atomic E-state index is 0.00693. The molecule has 2 nitrogen and oxygen atoms in total. The van der Waals surface area contributed by atoms with Crippen molar-refractivity contribution in [1.82, 2.24) is 0 Å². The van der Waals surface area contributed by atoms with E-state index >= 15 is 0 Å².